The Morgan fingerprint density at radius 2 is 2.07 bits per heavy atom. The molecular weight excluding hydrogens is 428 g/mol. The number of amides is 2. The fourth-order valence-electron chi connectivity index (χ4n) is 3.37. The molecule has 1 aliphatic heterocycles. The lowest BCUT2D eigenvalue weighted by Gasteiger charge is -2.25. The van der Waals surface area contributed by atoms with Crippen LogP contribution in [0, 0.1) is 0 Å². The van der Waals surface area contributed by atoms with Crippen LogP contribution in [0.3, 0.4) is 0 Å². The standard InChI is InChI=1S/C20H18N2O6S2/c23-12-22(25)17(14-2-3-18-16(8-14)21-20(24)9-28-18)11-30(26,27)10-13-1-4-19-15(7-13)5-6-29-19/h1-8,12,17,25H,9-11H2,(H,21,24)/t17-/m1/s1. The zero-order valence-corrected chi connectivity index (χ0v) is 17.3. The summed E-state index contributed by atoms with van der Waals surface area (Å²) in [7, 11) is -3.70. The third kappa shape index (κ3) is 4.30. The van der Waals surface area contributed by atoms with Gasteiger partial charge in [0.1, 0.15) is 5.75 Å². The van der Waals surface area contributed by atoms with Crippen LogP contribution < -0.4 is 10.1 Å². The molecule has 0 unspecified atom stereocenters. The van der Waals surface area contributed by atoms with Gasteiger partial charge in [-0.15, -0.1) is 11.3 Å². The first-order valence-corrected chi connectivity index (χ1v) is 11.7. The highest BCUT2D eigenvalue weighted by atomic mass is 32.2. The number of hydrogen-bond acceptors (Lipinski definition) is 7. The number of hydroxylamine groups is 2. The van der Waals surface area contributed by atoms with Gasteiger partial charge in [0.25, 0.3) is 5.91 Å². The Morgan fingerprint density at radius 1 is 1.23 bits per heavy atom. The molecule has 10 heteroatoms. The maximum absolute atomic E-state index is 12.9. The normalized spacial score (nSPS) is 14.5. The van der Waals surface area contributed by atoms with Gasteiger partial charge < -0.3 is 10.1 Å². The van der Waals surface area contributed by atoms with Crippen LogP contribution in [0.1, 0.15) is 17.2 Å². The summed E-state index contributed by atoms with van der Waals surface area (Å²) in [6.07, 6.45) is 0.159. The summed E-state index contributed by atoms with van der Waals surface area (Å²) < 4.78 is 32.1. The molecule has 3 aromatic rings. The van der Waals surface area contributed by atoms with Crippen LogP contribution >= 0.6 is 11.3 Å². The number of nitrogens with zero attached hydrogens (tertiary/aromatic N) is 1. The van der Waals surface area contributed by atoms with E-state index in [0.717, 1.165) is 10.1 Å². The molecule has 0 saturated heterocycles. The van der Waals surface area contributed by atoms with E-state index in [1.165, 1.54) is 6.07 Å². The maximum Gasteiger partial charge on any atom is 0.262 e. The lowest BCUT2D eigenvalue weighted by molar-refractivity contribution is -0.158. The van der Waals surface area contributed by atoms with Crippen LogP contribution in [0.25, 0.3) is 10.1 Å². The Bertz CT molecular complexity index is 1220. The zero-order chi connectivity index (χ0) is 21.3. The summed E-state index contributed by atoms with van der Waals surface area (Å²) in [6, 6.07) is 10.8. The van der Waals surface area contributed by atoms with Gasteiger partial charge in [0.05, 0.1) is 23.2 Å². The van der Waals surface area contributed by atoms with Gasteiger partial charge in [0.15, 0.2) is 16.4 Å². The van der Waals surface area contributed by atoms with Gasteiger partial charge in [-0.3, -0.25) is 14.8 Å². The minimum absolute atomic E-state index is 0.112. The van der Waals surface area contributed by atoms with E-state index in [1.807, 2.05) is 23.6 Å². The van der Waals surface area contributed by atoms with Crippen LogP contribution in [-0.4, -0.2) is 43.4 Å². The maximum atomic E-state index is 12.9. The van der Waals surface area contributed by atoms with Crippen molar-refractivity contribution in [1.29, 1.82) is 0 Å². The molecule has 2 N–H and O–H groups in total. The van der Waals surface area contributed by atoms with Crippen molar-refractivity contribution in [3.8, 4) is 5.75 Å². The molecule has 2 aromatic carbocycles. The number of hydrogen-bond donors (Lipinski definition) is 2. The molecule has 0 saturated carbocycles. The number of benzene rings is 2. The lowest BCUT2D eigenvalue weighted by Crippen LogP contribution is -2.31. The number of nitrogens with one attached hydrogen (secondary N) is 1. The van der Waals surface area contributed by atoms with Gasteiger partial charge in [-0.25, -0.2) is 13.5 Å². The van der Waals surface area contributed by atoms with Crippen molar-refractivity contribution in [2.45, 2.75) is 11.8 Å². The second kappa shape index (κ2) is 8.05. The van der Waals surface area contributed by atoms with Gasteiger partial charge in [0.2, 0.25) is 6.41 Å². The SMILES string of the molecule is O=CN(O)[C@H](CS(=O)(=O)Cc1ccc2sccc2c1)c1ccc2c(c1)NC(=O)CO2. The first-order valence-electron chi connectivity index (χ1n) is 9.00. The van der Waals surface area contributed by atoms with E-state index < -0.39 is 21.6 Å². The van der Waals surface area contributed by atoms with Gasteiger partial charge >= 0.3 is 0 Å². The summed E-state index contributed by atoms with van der Waals surface area (Å²) in [5.41, 5.74) is 1.33. The number of carbonyl (C=O) groups is 2. The Labute approximate surface area is 176 Å². The molecule has 0 bridgehead atoms. The Hall–Kier alpha value is -2.95. The quantitative estimate of drug-likeness (QED) is 0.328. The van der Waals surface area contributed by atoms with Crippen LogP contribution in [0.15, 0.2) is 47.8 Å². The van der Waals surface area contributed by atoms with Crippen LogP contribution in [0.5, 0.6) is 5.75 Å². The van der Waals surface area contributed by atoms with E-state index in [9.17, 15) is 23.2 Å². The molecule has 1 atom stereocenters. The first kappa shape index (κ1) is 20.3. The number of thiophene rings is 1. The number of carbonyl (C=O) groups excluding carboxylic acids is 2. The summed E-state index contributed by atoms with van der Waals surface area (Å²) in [4.78, 5) is 22.8. The van der Waals surface area contributed by atoms with Crippen molar-refractivity contribution in [3.63, 3.8) is 0 Å². The fraction of sp³-hybridized carbons (Fsp3) is 0.200. The fourth-order valence-corrected chi connectivity index (χ4v) is 5.77. The van der Waals surface area contributed by atoms with Crippen LogP contribution in [0.4, 0.5) is 5.69 Å². The predicted molar refractivity (Wildman–Crippen MR) is 112 cm³/mol. The molecule has 8 nitrogen and oxygen atoms in total. The van der Waals surface area contributed by atoms with E-state index in [4.69, 9.17) is 4.74 Å². The number of fused-ring (bicyclic) bond motifs is 2. The van der Waals surface area contributed by atoms with Crippen LogP contribution in [-0.2, 0) is 25.2 Å². The third-order valence-electron chi connectivity index (χ3n) is 4.76. The summed E-state index contributed by atoms with van der Waals surface area (Å²) in [5.74, 6) is -0.631. The molecule has 30 heavy (non-hydrogen) atoms. The van der Waals surface area contributed by atoms with E-state index in [2.05, 4.69) is 5.32 Å². The molecule has 2 heterocycles. The average molecular weight is 447 g/mol. The smallest absolute Gasteiger partial charge is 0.262 e. The highest BCUT2D eigenvalue weighted by Gasteiger charge is 2.27. The summed E-state index contributed by atoms with van der Waals surface area (Å²) in [5, 5.41) is 15.9. The molecule has 1 aliphatic rings. The van der Waals surface area contributed by atoms with E-state index in [1.54, 1.807) is 29.5 Å². The molecule has 2 amide bonds. The predicted octanol–water partition coefficient (Wildman–Crippen LogP) is 2.74. The minimum Gasteiger partial charge on any atom is -0.482 e. The van der Waals surface area contributed by atoms with Gasteiger partial charge in [-0.05, 0) is 52.2 Å². The van der Waals surface area contributed by atoms with Crippen molar-refractivity contribution < 1.29 is 28.0 Å². The van der Waals surface area contributed by atoms with Crippen molar-refractivity contribution in [2.75, 3.05) is 17.7 Å². The Balaban J connectivity index is 1.60. The number of anilines is 1. The molecule has 0 aliphatic carbocycles. The number of ether oxygens (including phenoxy) is 1. The molecule has 1 aromatic heterocycles. The Kier molecular flexibility index (Phi) is 5.46. The highest BCUT2D eigenvalue weighted by molar-refractivity contribution is 7.90. The van der Waals surface area contributed by atoms with E-state index >= 15 is 0 Å². The zero-order valence-electron chi connectivity index (χ0n) is 15.6. The van der Waals surface area contributed by atoms with Crippen molar-refractivity contribution in [3.05, 3.63) is 59.0 Å². The van der Waals surface area contributed by atoms with Gasteiger partial charge in [-0.2, -0.15) is 0 Å². The second-order valence-corrected chi connectivity index (χ2v) is 10.00. The lowest BCUT2D eigenvalue weighted by atomic mass is 10.1. The summed E-state index contributed by atoms with van der Waals surface area (Å²) >= 11 is 1.57. The molecule has 0 spiro atoms. The second-order valence-electron chi connectivity index (χ2n) is 6.94. The van der Waals surface area contributed by atoms with Crippen molar-refractivity contribution in [2.24, 2.45) is 0 Å². The van der Waals surface area contributed by atoms with Crippen molar-refractivity contribution >= 4 is 49.3 Å². The average Bonchev–Trinajstić information content (AvgIpc) is 3.18. The Morgan fingerprint density at radius 3 is 2.87 bits per heavy atom. The minimum atomic E-state index is -3.70. The molecular formula is C20H18N2O6S2. The topological polar surface area (TPSA) is 113 Å². The van der Waals surface area contributed by atoms with E-state index in [0.29, 0.717) is 27.6 Å². The van der Waals surface area contributed by atoms with Crippen LogP contribution in [0.2, 0.25) is 0 Å². The van der Waals surface area contributed by atoms with Gasteiger partial charge in [-0.1, -0.05) is 12.1 Å². The van der Waals surface area contributed by atoms with E-state index in [-0.39, 0.29) is 24.7 Å². The van der Waals surface area contributed by atoms with Crippen molar-refractivity contribution in [1.82, 2.24) is 5.06 Å². The monoisotopic (exact) mass is 446 g/mol. The summed E-state index contributed by atoms with van der Waals surface area (Å²) in [6.45, 7) is -0.112. The largest absolute Gasteiger partial charge is 0.482 e. The van der Waals surface area contributed by atoms with Gasteiger partial charge in [0, 0.05) is 4.70 Å². The number of sulfone groups is 1. The number of rotatable bonds is 7. The highest BCUT2D eigenvalue weighted by Crippen LogP contribution is 2.33. The molecule has 4 rings (SSSR count). The molecule has 0 fully saturated rings. The third-order valence-corrected chi connectivity index (χ3v) is 7.26. The first-order chi connectivity index (χ1) is 14.3. The molecule has 0 radical (unpaired) electrons. The molecule has 156 valence electrons.